The molecule has 2 fully saturated rings. The van der Waals surface area contributed by atoms with Gasteiger partial charge in [-0.05, 0) is 30.7 Å². The van der Waals surface area contributed by atoms with Gasteiger partial charge in [0.05, 0.1) is 5.60 Å². The molecular formula is C13H14F2O. The van der Waals surface area contributed by atoms with Gasteiger partial charge in [0.25, 0.3) is 0 Å². The summed E-state index contributed by atoms with van der Waals surface area (Å²) >= 11 is 0. The highest BCUT2D eigenvalue weighted by atomic mass is 19.2. The molecule has 1 aromatic carbocycles. The van der Waals surface area contributed by atoms with Gasteiger partial charge in [-0.2, -0.15) is 0 Å². The summed E-state index contributed by atoms with van der Waals surface area (Å²) in [4.78, 5) is 0. The second-order valence-electron chi connectivity index (χ2n) is 4.92. The van der Waals surface area contributed by atoms with Gasteiger partial charge in [-0.15, -0.1) is 0 Å². The lowest BCUT2D eigenvalue weighted by atomic mass is 10.0. The first-order valence-corrected chi connectivity index (χ1v) is 5.82. The van der Waals surface area contributed by atoms with Gasteiger partial charge in [-0.1, -0.05) is 25.0 Å². The van der Waals surface area contributed by atoms with E-state index in [-0.39, 0.29) is 17.4 Å². The van der Waals surface area contributed by atoms with Crippen molar-refractivity contribution < 1.29 is 13.9 Å². The molecule has 0 aromatic heterocycles. The lowest BCUT2D eigenvalue weighted by Gasteiger charge is -2.12. The fourth-order valence-electron chi connectivity index (χ4n) is 3.31. The van der Waals surface area contributed by atoms with E-state index in [1.807, 2.05) is 0 Å². The van der Waals surface area contributed by atoms with Crippen molar-refractivity contribution in [2.24, 2.45) is 11.8 Å². The van der Waals surface area contributed by atoms with Crippen LogP contribution in [-0.4, -0.2) is 5.11 Å². The largest absolute Gasteiger partial charge is 0.384 e. The lowest BCUT2D eigenvalue weighted by Crippen LogP contribution is -2.13. The SMILES string of the molecule is OC1(c2cccc(F)c2F)C2CCCCC21. The van der Waals surface area contributed by atoms with Gasteiger partial charge in [0.2, 0.25) is 0 Å². The maximum absolute atomic E-state index is 13.6. The summed E-state index contributed by atoms with van der Waals surface area (Å²) in [5.74, 6) is -1.47. The molecular weight excluding hydrogens is 210 g/mol. The van der Waals surface area contributed by atoms with E-state index in [1.165, 1.54) is 12.1 Å². The predicted octanol–water partition coefficient (Wildman–Crippen LogP) is 2.97. The number of aliphatic hydroxyl groups is 1. The van der Waals surface area contributed by atoms with E-state index in [9.17, 15) is 13.9 Å². The molecule has 0 saturated heterocycles. The van der Waals surface area contributed by atoms with Crippen molar-refractivity contribution in [1.29, 1.82) is 0 Å². The maximum atomic E-state index is 13.6. The van der Waals surface area contributed by atoms with E-state index in [0.717, 1.165) is 31.7 Å². The van der Waals surface area contributed by atoms with Crippen molar-refractivity contribution in [1.82, 2.24) is 0 Å². The van der Waals surface area contributed by atoms with Crippen LogP contribution in [0.4, 0.5) is 8.78 Å². The van der Waals surface area contributed by atoms with Gasteiger partial charge in [0, 0.05) is 5.56 Å². The van der Waals surface area contributed by atoms with Crippen LogP contribution in [0.5, 0.6) is 0 Å². The summed E-state index contributed by atoms with van der Waals surface area (Å²) in [6.45, 7) is 0. The zero-order valence-electron chi connectivity index (χ0n) is 8.92. The zero-order chi connectivity index (χ0) is 11.3. The van der Waals surface area contributed by atoms with Gasteiger partial charge in [-0.3, -0.25) is 0 Å². The van der Waals surface area contributed by atoms with Crippen LogP contribution in [0.1, 0.15) is 31.2 Å². The Bertz CT molecular complexity index is 418. The van der Waals surface area contributed by atoms with E-state index in [4.69, 9.17) is 0 Å². The monoisotopic (exact) mass is 224 g/mol. The summed E-state index contributed by atoms with van der Waals surface area (Å²) in [5.41, 5.74) is -0.938. The molecule has 2 atom stereocenters. The van der Waals surface area contributed by atoms with E-state index in [2.05, 4.69) is 0 Å². The summed E-state index contributed by atoms with van der Waals surface area (Å²) in [6.07, 6.45) is 4.02. The topological polar surface area (TPSA) is 20.2 Å². The Labute approximate surface area is 93.1 Å². The van der Waals surface area contributed by atoms with Crippen LogP contribution in [0.3, 0.4) is 0 Å². The van der Waals surface area contributed by atoms with Crippen molar-refractivity contribution in [3.05, 3.63) is 35.4 Å². The molecule has 1 N–H and O–H groups in total. The minimum Gasteiger partial charge on any atom is -0.384 e. The van der Waals surface area contributed by atoms with Crippen molar-refractivity contribution in [2.45, 2.75) is 31.3 Å². The highest BCUT2D eigenvalue weighted by Gasteiger charge is 2.65. The first-order chi connectivity index (χ1) is 7.65. The van der Waals surface area contributed by atoms with Crippen LogP contribution in [-0.2, 0) is 5.60 Å². The zero-order valence-corrected chi connectivity index (χ0v) is 8.92. The first-order valence-electron chi connectivity index (χ1n) is 5.82. The van der Waals surface area contributed by atoms with Crippen LogP contribution in [0.15, 0.2) is 18.2 Å². The smallest absolute Gasteiger partial charge is 0.164 e. The first kappa shape index (κ1) is 10.2. The third-order valence-electron chi connectivity index (χ3n) is 4.17. The number of fused-ring (bicyclic) bond motifs is 1. The third kappa shape index (κ3) is 1.18. The molecule has 0 heterocycles. The highest BCUT2D eigenvalue weighted by molar-refractivity contribution is 5.34. The minimum absolute atomic E-state index is 0.137. The van der Waals surface area contributed by atoms with E-state index in [1.54, 1.807) is 0 Å². The van der Waals surface area contributed by atoms with Crippen LogP contribution in [0, 0.1) is 23.5 Å². The molecule has 3 heteroatoms. The van der Waals surface area contributed by atoms with Crippen LogP contribution in [0.25, 0.3) is 0 Å². The van der Waals surface area contributed by atoms with Crippen LogP contribution >= 0.6 is 0 Å². The average molecular weight is 224 g/mol. The number of halogens is 2. The maximum Gasteiger partial charge on any atom is 0.164 e. The molecule has 2 saturated carbocycles. The lowest BCUT2D eigenvalue weighted by molar-refractivity contribution is 0.112. The Morgan fingerprint density at radius 2 is 1.75 bits per heavy atom. The fraction of sp³-hybridized carbons (Fsp3) is 0.538. The molecule has 0 spiro atoms. The van der Waals surface area contributed by atoms with E-state index >= 15 is 0 Å². The summed E-state index contributed by atoms with van der Waals surface area (Å²) in [7, 11) is 0. The molecule has 2 aliphatic rings. The Kier molecular flexibility index (Phi) is 2.08. The third-order valence-corrected chi connectivity index (χ3v) is 4.17. The number of rotatable bonds is 1. The Morgan fingerprint density at radius 1 is 1.12 bits per heavy atom. The molecule has 1 aromatic rings. The van der Waals surface area contributed by atoms with Gasteiger partial charge in [0.15, 0.2) is 11.6 Å². The van der Waals surface area contributed by atoms with Gasteiger partial charge in [0.1, 0.15) is 0 Å². The quantitative estimate of drug-likeness (QED) is 0.777. The number of benzene rings is 1. The molecule has 3 rings (SSSR count). The predicted molar refractivity (Wildman–Crippen MR) is 55.7 cm³/mol. The molecule has 0 bridgehead atoms. The molecule has 2 aliphatic carbocycles. The molecule has 0 amide bonds. The Morgan fingerprint density at radius 3 is 2.38 bits per heavy atom. The minimum atomic E-state index is -1.09. The summed E-state index contributed by atoms with van der Waals surface area (Å²) < 4.78 is 26.8. The van der Waals surface area contributed by atoms with Gasteiger partial charge in [-0.25, -0.2) is 8.78 Å². The van der Waals surface area contributed by atoms with Crippen LogP contribution < -0.4 is 0 Å². The Balaban J connectivity index is 2.01. The highest BCUT2D eigenvalue weighted by Crippen LogP contribution is 2.64. The molecule has 0 radical (unpaired) electrons. The number of hydrogen-bond donors (Lipinski definition) is 1. The molecule has 86 valence electrons. The van der Waals surface area contributed by atoms with E-state index in [0.29, 0.717) is 0 Å². The summed E-state index contributed by atoms with van der Waals surface area (Å²) in [5, 5.41) is 10.5. The Hall–Kier alpha value is -0.960. The molecule has 16 heavy (non-hydrogen) atoms. The standard InChI is InChI=1S/C13H14F2O/c14-11-7-3-6-10(12(11)15)13(16)8-4-1-2-5-9(8)13/h3,6-9,16H,1-2,4-5H2. The van der Waals surface area contributed by atoms with Gasteiger partial charge < -0.3 is 5.11 Å². The van der Waals surface area contributed by atoms with Crippen molar-refractivity contribution in [2.75, 3.05) is 0 Å². The molecule has 2 unspecified atom stereocenters. The van der Waals surface area contributed by atoms with Crippen LogP contribution in [0.2, 0.25) is 0 Å². The number of hydrogen-bond acceptors (Lipinski definition) is 1. The second kappa shape index (κ2) is 3.27. The fourth-order valence-corrected chi connectivity index (χ4v) is 3.31. The van der Waals surface area contributed by atoms with Gasteiger partial charge >= 0.3 is 0 Å². The summed E-state index contributed by atoms with van der Waals surface area (Å²) in [6, 6.07) is 4.07. The average Bonchev–Trinajstić information content (AvgIpc) is 2.91. The van der Waals surface area contributed by atoms with E-state index < -0.39 is 17.2 Å². The van der Waals surface area contributed by atoms with Crippen molar-refractivity contribution >= 4 is 0 Å². The van der Waals surface area contributed by atoms with Crippen molar-refractivity contribution in [3.63, 3.8) is 0 Å². The molecule has 1 nitrogen and oxygen atoms in total. The second-order valence-corrected chi connectivity index (χ2v) is 4.92. The molecule has 0 aliphatic heterocycles. The van der Waals surface area contributed by atoms with Crippen molar-refractivity contribution in [3.8, 4) is 0 Å². The normalized spacial score (nSPS) is 36.9.